The predicted molar refractivity (Wildman–Crippen MR) is 218 cm³/mol. The van der Waals surface area contributed by atoms with Crippen LogP contribution in [0.4, 0.5) is 5.69 Å². The summed E-state index contributed by atoms with van der Waals surface area (Å²) >= 11 is 0. The number of ether oxygens (including phenoxy) is 2. The molecule has 4 aromatic rings. The van der Waals surface area contributed by atoms with Crippen LogP contribution in [0.25, 0.3) is 11.1 Å². The van der Waals surface area contributed by atoms with Crippen LogP contribution >= 0.6 is 0 Å². The summed E-state index contributed by atoms with van der Waals surface area (Å²) in [6.45, 7) is 3.23. The summed E-state index contributed by atoms with van der Waals surface area (Å²) in [5, 5.41) is 24.5. The van der Waals surface area contributed by atoms with Gasteiger partial charge in [0.1, 0.15) is 5.54 Å². The minimum Gasteiger partial charge on any atom is -0.481 e. The lowest BCUT2D eigenvalue weighted by molar-refractivity contribution is -0.253. The average Bonchev–Trinajstić information content (AvgIpc) is 3.56. The number of carboxylic acids is 1. The van der Waals surface area contributed by atoms with E-state index in [0.717, 1.165) is 90.8 Å². The zero-order valence-electron chi connectivity index (χ0n) is 32.5. The summed E-state index contributed by atoms with van der Waals surface area (Å²) in [4.78, 5) is 41.0. The summed E-state index contributed by atoms with van der Waals surface area (Å²) in [5.74, 6) is -0.673. The zero-order chi connectivity index (χ0) is 39.6. The molecule has 0 radical (unpaired) electrons. The number of likely N-dealkylation sites (tertiary alicyclic amines) is 1. The third kappa shape index (κ3) is 10.1. The number of hydrogen-bond acceptors (Lipinski definition) is 8. The van der Waals surface area contributed by atoms with Gasteiger partial charge in [0.25, 0.3) is 0 Å². The first kappa shape index (κ1) is 40.1. The Kier molecular flexibility index (Phi) is 13.3. The van der Waals surface area contributed by atoms with Crippen molar-refractivity contribution < 1.29 is 34.1 Å². The van der Waals surface area contributed by atoms with Crippen molar-refractivity contribution in [2.75, 3.05) is 31.2 Å². The maximum Gasteiger partial charge on any atom is 0.303 e. The highest BCUT2D eigenvalue weighted by molar-refractivity contribution is 5.93. The molecule has 3 atom stereocenters. The van der Waals surface area contributed by atoms with Crippen LogP contribution in [0, 0.1) is 0 Å². The van der Waals surface area contributed by atoms with Crippen LogP contribution in [0.3, 0.4) is 0 Å². The first-order valence-electron chi connectivity index (χ1n) is 20.3. The van der Waals surface area contributed by atoms with Gasteiger partial charge in [-0.05, 0) is 71.7 Å². The topological polar surface area (TPSA) is 141 Å². The Morgan fingerprint density at radius 1 is 0.789 bits per heavy atom. The first-order chi connectivity index (χ1) is 27.8. The van der Waals surface area contributed by atoms with Crippen molar-refractivity contribution in [2.24, 2.45) is 0 Å². The molecular weight excluding hydrogens is 721 g/mol. The fraction of sp³-hybridized carbons (Fsp3) is 0.413. The molecule has 0 aliphatic carbocycles. The smallest absolute Gasteiger partial charge is 0.303 e. The molecule has 0 bridgehead atoms. The largest absolute Gasteiger partial charge is 0.481 e. The van der Waals surface area contributed by atoms with Crippen molar-refractivity contribution >= 4 is 23.5 Å². The van der Waals surface area contributed by atoms with Gasteiger partial charge < -0.3 is 40.1 Å². The average molecular weight is 775 g/mol. The number of aliphatic hydroxyl groups is 1. The molecule has 11 nitrogen and oxygen atoms in total. The Bertz CT molecular complexity index is 1950. The van der Waals surface area contributed by atoms with Crippen LogP contribution in [0.15, 0.2) is 103 Å². The van der Waals surface area contributed by atoms with Gasteiger partial charge in [-0.15, -0.1) is 0 Å². The number of carboxylic acid groups (broad SMARTS) is 1. The fourth-order valence-corrected chi connectivity index (χ4v) is 8.36. The SMILES string of the molecule is O=C(O)CCCCCCC(=O)NCc1cccc(-c2ccc(C3OC(CN4CCC5(CC4)C(=O)NCN5c4ccccc4)CC(c4ccc(CO)cc4)O3)cc2)c1. The molecule has 3 unspecified atom stereocenters. The summed E-state index contributed by atoms with van der Waals surface area (Å²) < 4.78 is 13.4. The third-order valence-corrected chi connectivity index (χ3v) is 11.6. The maximum atomic E-state index is 13.3. The number of nitrogens with zero attached hydrogens (tertiary/aromatic N) is 2. The Labute approximate surface area is 335 Å². The summed E-state index contributed by atoms with van der Waals surface area (Å²) in [7, 11) is 0. The van der Waals surface area contributed by atoms with Crippen LogP contribution < -0.4 is 15.5 Å². The fourth-order valence-electron chi connectivity index (χ4n) is 8.36. The minimum atomic E-state index is -0.778. The van der Waals surface area contributed by atoms with E-state index in [1.165, 1.54) is 0 Å². The van der Waals surface area contributed by atoms with Crippen molar-refractivity contribution in [1.82, 2.24) is 15.5 Å². The molecule has 3 aliphatic rings. The Balaban J connectivity index is 0.982. The number of rotatable bonds is 16. The standard InChI is InChI=1S/C46H54N4O7/c51-31-33-15-17-36(18-16-33)41-28-40(30-49-25-23-46(24-26-49)45(55)48-32-50(46)39-11-4-3-5-12-39)56-44(57-41)37-21-19-35(20-22-37)38-10-8-9-34(27-38)29-47-42(52)13-6-1-2-7-14-43(53)54/h3-5,8-12,15-22,27,40-41,44,51H,1-2,6-7,13-14,23-26,28-32H2,(H,47,52)(H,48,55)(H,53,54). The second kappa shape index (κ2) is 18.9. The molecule has 3 aliphatic heterocycles. The number of para-hydroxylation sites is 1. The van der Waals surface area contributed by atoms with E-state index in [4.69, 9.17) is 14.6 Å². The number of carbonyl (C=O) groups excluding carboxylic acids is 2. The first-order valence-corrected chi connectivity index (χ1v) is 20.3. The second-order valence-electron chi connectivity index (χ2n) is 15.5. The van der Waals surface area contributed by atoms with Gasteiger partial charge in [0.05, 0.1) is 25.5 Å². The van der Waals surface area contributed by atoms with E-state index in [1.54, 1.807) is 0 Å². The van der Waals surface area contributed by atoms with Gasteiger partial charge >= 0.3 is 5.97 Å². The minimum absolute atomic E-state index is 0.00320. The molecular formula is C46H54N4O7. The van der Waals surface area contributed by atoms with Crippen molar-refractivity contribution in [1.29, 1.82) is 0 Å². The highest BCUT2D eigenvalue weighted by Crippen LogP contribution is 2.40. The van der Waals surface area contributed by atoms with E-state index in [0.29, 0.717) is 32.5 Å². The molecule has 57 heavy (non-hydrogen) atoms. The van der Waals surface area contributed by atoms with E-state index in [2.05, 4.69) is 69.0 Å². The third-order valence-electron chi connectivity index (χ3n) is 11.6. The molecule has 3 fully saturated rings. The highest BCUT2D eigenvalue weighted by Gasteiger charge is 2.50. The molecule has 0 saturated carbocycles. The predicted octanol–water partition coefficient (Wildman–Crippen LogP) is 6.86. The molecule has 2 amide bonds. The van der Waals surface area contributed by atoms with Gasteiger partial charge in [-0.3, -0.25) is 14.4 Å². The van der Waals surface area contributed by atoms with Gasteiger partial charge in [-0.1, -0.05) is 97.8 Å². The molecule has 11 heteroatoms. The van der Waals surface area contributed by atoms with Gasteiger partial charge in [0.15, 0.2) is 6.29 Å². The molecule has 3 saturated heterocycles. The molecule has 7 rings (SSSR count). The molecule has 300 valence electrons. The van der Waals surface area contributed by atoms with Crippen molar-refractivity contribution in [3.63, 3.8) is 0 Å². The number of benzene rings is 4. The highest BCUT2D eigenvalue weighted by atomic mass is 16.7. The van der Waals surface area contributed by atoms with Crippen LogP contribution in [-0.4, -0.2) is 70.8 Å². The van der Waals surface area contributed by atoms with E-state index < -0.39 is 17.8 Å². The molecule has 1 spiro atoms. The van der Waals surface area contributed by atoms with Crippen LogP contribution in [-0.2, 0) is 37.0 Å². The summed E-state index contributed by atoms with van der Waals surface area (Å²) in [6, 6.07) is 34.5. The maximum absolute atomic E-state index is 13.3. The monoisotopic (exact) mass is 774 g/mol. The molecule has 4 aromatic carbocycles. The van der Waals surface area contributed by atoms with E-state index >= 15 is 0 Å². The summed E-state index contributed by atoms with van der Waals surface area (Å²) in [5.41, 5.74) is 6.43. The summed E-state index contributed by atoms with van der Waals surface area (Å²) in [6.07, 6.45) is 4.93. The van der Waals surface area contributed by atoms with Crippen LogP contribution in [0.1, 0.15) is 92.4 Å². The quantitative estimate of drug-likeness (QED) is 0.0900. The van der Waals surface area contributed by atoms with E-state index in [1.807, 2.05) is 54.6 Å². The number of piperidine rings is 1. The number of carbonyl (C=O) groups is 3. The number of amides is 2. The van der Waals surface area contributed by atoms with Gasteiger partial charge in [-0.2, -0.15) is 0 Å². The van der Waals surface area contributed by atoms with Gasteiger partial charge in [0, 0.05) is 56.7 Å². The number of nitrogens with one attached hydrogen (secondary N) is 2. The molecule has 4 N–H and O–H groups in total. The lowest BCUT2D eigenvalue weighted by Gasteiger charge is -2.45. The molecule has 3 heterocycles. The Hall–Kier alpha value is -5.07. The van der Waals surface area contributed by atoms with E-state index in [-0.39, 0.29) is 37.0 Å². The lowest BCUT2D eigenvalue weighted by Crippen LogP contribution is -2.57. The number of aliphatic hydroxyl groups excluding tert-OH is 1. The molecule has 0 aromatic heterocycles. The lowest BCUT2D eigenvalue weighted by atomic mass is 9.85. The normalized spacial score (nSPS) is 20.7. The van der Waals surface area contributed by atoms with Gasteiger partial charge in [0.2, 0.25) is 11.8 Å². The van der Waals surface area contributed by atoms with Crippen molar-refractivity contribution in [3.05, 3.63) is 125 Å². The Morgan fingerprint density at radius 3 is 2.23 bits per heavy atom. The van der Waals surface area contributed by atoms with Crippen molar-refractivity contribution in [2.45, 2.75) is 95.0 Å². The zero-order valence-corrected chi connectivity index (χ0v) is 32.5. The second-order valence-corrected chi connectivity index (χ2v) is 15.5. The van der Waals surface area contributed by atoms with Crippen LogP contribution in [0.2, 0.25) is 0 Å². The number of aliphatic carboxylic acids is 1. The van der Waals surface area contributed by atoms with Crippen molar-refractivity contribution in [3.8, 4) is 11.1 Å². The van der Waals surface area contributed by atoms with E-state index in [9.17, 15) is 19.5 Å². The van der Waals surface area contributed by atoms with Crippen LogP contribution in [0.5, 0.6) is 0 Å². The number of unbranched alkanes of at least 4 members (excludes halogenated alkanes) is 3. The number of anilines is 1. The van der Waals surface area contributed by atoms with Gasteiger partial charge in [-0.25, -0.2) is 0 Å². The number of hydrogen-bond donors (Lipinski definition) is 4. The Morgan fingerprint density at radius 2 is 1.51 bits per heavy atom.